The van der Waals surface area contributed by atoms with Gasteiger partial charge < -0.3 is 10.1 Å². The van der Waals surface area contributed by atoms with E-state index in [0.717, 1.165) is 24.5 Å². The molecule has 6 nitrogen and oxygen atoms in total. The van der Waals surface area contributed by atoms with Crippen LogP contribution in [0.2, 0.25) is 0 Å². The molecule has 112 valence electrons. The third-order valence-corrected chi connectivity index (χ3v) is 3.43. The topological polar surface area (TPSA) is 59.4 Å². The van der Waals surface area contributed by atoms with Gasteiger partial charge in [-0.05, 0) is 26.8 Å². The van der Waals surface area contributed by atoms with Gasteiger partial charge in [-0.1, -0.05) is 0 Å². The van der Waals surface area contributed by atoms with Gasteiger partial charge in [-0.25, -0.2) is 0 Å². The van der Waals surface area contributed by atoms with Crippen molar-refractivity contribution in [2.24, 2.45) is 0 Å². The first-order valence-corrected chi connectivity index (χ1v) is 7.15. The van der Waals surface area contributed by atoms with E-state index in [9.17, 15) is 4.79 Å². The van der Waals surface area contributed by atoms with Crippen molar-refractivity contribution in [3.63, 3.8) is 0 Å². The standard InChI is InChI=1S/C14H24N4O2/c1-11-8-13(3)18(16-11)9-12(2)15-14(19)10-17-4-6-20-7-5-17/h8,12H,4-7,9-10H2,1-3H3,(H,15,19). The predicted molar refractivity (Wildman–Crippen MR) is 76.6 cm³/mol. The van der Waals surface area contributed by atoms with Crippen molar-refractivity contribution in [3.05, 3.63) is 17.5 Å². The Labute approximate surface area is 120 Å². The Morgan fingerprint density at radius 2 is 2.15 bits per heavy atom. The normalized spacial score (nSPS) is 17.9. The number of amides is 1. The largest absolute Gasteiger partial charge is 0.379 e. The van der Waals surface area contributed by atoms with E-state index in [0.29, 0.717) is 26.3 Å². The number of nitrogens with one attached hydrogen (secondary N) is 1. The van der Waals surface area contributed by atoms with Crippen molar-refractivity contribution in [1.82, 2.24) is 20.0 Å². The molecule has 1 saturated heterocycles. The summed E-state index contributed by atoms with van der Waals surface area (Å²) in [5.41, 5.74) is 2.13. The van der Waals surface area contributed by atoms with E-state index in [1.165, 1.54) is 0 Å². The highest BCUT2D eigenvalue weighted by Crippen LogP contribution is 2.03. The summed E-state index contributed by atoms with van der Waals surface area (Å²) in [6.45, 7) is 10.3. The van der Waals surface area contributed by atoms with Gasteiger partial charge in [-0.2, -0.15) is 5.10 Å². The molecule has 0 bridgehead atoms. The second-order valence-electron chi connectivity index (χ2n) is 5.47. The summed E-state index contributed by atoms with van der Waals surface area (Å²) in [7, 11) is 0. The number of rotatable bonds is 5. The molecule has 0 radical (unpaired) electrons. The molecule has 0 aromatic carbocycles. The Morgan fingerprint density at radius 3 is 2.75 bits per heavy atom. The number of hydrogen-bond acceptors (Lipinski definition) is 4. The Balaban J connectivity index is 1.77. The average molecular weight is 280 g/mol. The molecule has 1 aromatic rings. The van der Waals surface area contributed by atoms with Crippen molar-refractivity contribution in [3.8, 4) is 0 Å². The van der Waals surface area contributed by atoms with E-state index < -0.39 is 0 Å². The number of aromatic nitrogens is 2. The summed E-state index contributed by atoms with van der Waals surface area (Å²) in [5.74, 6) is 0.0703. The summed E-state index contributed by atoms with van der Waals surface area (Å²) >= 11 is 0. The molecule has 20 heavy (non-hydrogen) atoms. The fourth-order valence-electron chi connectivity index (χ4n) is 2.45. The van der Waals surface area contributed by atoms with Crippen molar-refractivity contribution >= 4 is 5.91 Å². The number of carbonyl (C=O) groups is 1. The Kier molecular flexibility index (Phi) is 5.14. The molecule has 1 aromatic heterocycles. The lowest BCUT2D eigenvalue weighted by atomic mass is 10.3. The van der Waals surface area contributed by atoms with Gasteiger partial charge >= 0.3 is 0 Å². The third-order valence-electron chi connectivity index (χ3n) is 3.43. The van der Waals surface area contributed by atoms with Crippen LogP contribution < -0.4 is 5.32 Å². The number of hydrogen-bond donors (Lipinski definition) is 1. The molecule has 1 N–H and O–H groups in total. The highest BCUT2D eigenvalue weighted by molar-refractivity contribution is 5.78. The fourth-order valence-corrected chi connectivity index (χ4v) is 2.45. The van der Waals surface area contributed by atoms with Gasteiger partial charge in [-0.15, -0.1) is 0 Å². The Morgan fingerprint density at radius 1 is 1.45 bits per heavy atom. The minimum absolute atomic E-state index is 0.0703. The van der Waals surface area contributed by atoms with Crippen molar-refractivity contribution in [2.45, 2.75) is 33.4 Å². The van der Waals surface area contributed by atoms with E-state index in [1.807, 2.05) is 31.5 Å². The summed E-state index contributed by atoms with van der Waals surface area (Å²) < 4.78 is 7.21. The molecule has 1 aliphatic heterocycles. The third kappa shape index (κ3) is 4.31. The monoisotopic (exact) mass is 280 g/mol. The number of carbonyl (C=O) groups excluding carboxylic acids is 1. The zero-order valence-corrected chi connectivity index (χ0v) is 12.6. The molecule has 2 heterocycles. The second-order valence-corrected chi connectivity index (χ2v) is 5.47. The molecule has 0 aliphatic carbocycles. The SMILES string of the molecule is Cc1cc(C)n(CC(C)NC(=O)CN2CCOCC2)n1. The van der Waals surface area contributed by atoms with Gasteiger partial charge in [0.1, 0.15) is 0 Å². The molecular weight excluding hydrogens is 256 g/mol. The number of ether oxygens (including phenoxy) is 1. The predicted octanol–water partition coefficient (Wildman–Crippen LogP) is 0.337. The molecule has 2 rings (SSSR count). The quantitative estimate of drug-likeness (QED) is 0.845. The molecule has 1 amide bonds. The van der Waals surface area contributed by atoms with Crippen LogP contribution >= 0.6 is 0 Å². The van der Waals surface area contributed by atoms with Crippen LogP contribution in [0.4, 0.5) is 0 Å². The minimum Gasteiger partial charge on any atom is -0.379 e. The lowest BCUT2D eigenvalue weighted by Gasteiger charge is -2.26. The Bertz CT molecular complexity index is 452. The van der Waals surface area contributed by atoms with Gasteiger partial charge in [0.15, 0.2) is 0 Å². The van der Waals surface area contributed by atoms with Crippen molar-refractivity contribution in [1.29, 1.82) is 0 Å². The van der Waals surface area contributed by atoms with Crippen LogP contribution in [0.1, 0.15) is 18.3 Å². The smallest absolute Gasteiger partial charge is 0.234 e. The lowest BCUT2D eigenvalue weighted by molar-refractivity contribution is -0.123. The molecule has 0 spiro atoms. The zero-order chi connectivity index (χ0) is 14.5. The van der Waals surface area contributed by atoms with E-state index >= 15 is 0 Å². The van der Waals surface area contributed by atoms with Crippen LogP contribution in [0.5, 0.6) is 0 Å². The molecule has 0 saturated carbocycles. The second kappa shape index (κ2) is 6.85. The molecule has 6 heteroatoms. The van der Waals surface area contributed by atoms with Crippen LogP contribution in [-0.4, -0.2) is 59.5 Å². The molecule has 1 fully saturated rings. The van der Waals surface area contributed by atoms with Crippen LogP contribution in [0.15, 0.2) is 6.07 Å². The maximum absolute atomic E-state index is 12.0. The highest BCUT2D eigenvalue weighted by Gasteiger charge is 2.16. The maximum Gasteiger partial charge on any atom is 0.234 e. The summed E-state index contributed by atoms with van der Waals surface area (Å²) in [4.78, 5) is 14.1. The van der Waals surface area contributed by atoms with Crippen LogP contribution in [0, 0.1) is 13.8 Å². The molecule has 1 unspecified atom stereocenters. The van der Waals surface area contributed by atoms with Gasteiger partial charge in [-0.3, -0.25) is 14.4 Å². The highest BCUT2D eigenvalue weighted by atomic mass is 16.5. The molecule has 1 atom stereocenters. The van der Waals surface area contributed by atoms with Gasteiger partial charge in [0.25, 0.3) is 0 Å². The minimum atomic E-state index is 0.0703. The van der Waals surface area contributed by atoms with E-state index in [-0.39, 0.29) is 11.9 Å². The van der Waals surface area contributed by atoms with Gasteiger partial charge in [0.05, 0.1) is 32.0 Å². The summed E-state index contributed by atoms with van der Waals surface area (Å²) in [5, 5.41) is 7.44. The lowest BCUT2D eigenvalue weighted by Crippen LogP contribution is -2.46. The number of morpholine rings is 1. The molecular formula is C14H24N4O2. The zero-order valence-electron chi connectivity index (χ0n) is 12.6. The van der Waals surface area contributed by atoms with Gasteiger partial charge in [0, 0.05) is 24.8 Å². The number of aryl methyl sites for hydroxylation is 2. The first kappa shape index (κ1) is 15.0. The molecule has 1 aliphatic rings. The summed E-state index contributed by atoms with van der Waals surface area (Å²) in [6, 6.07) is 2.11. The Hall–Kier alpha value is -1.40. The van der Waals surface area contributed by atoms with Gasteiger partial charge in [0.2, 0.25) is 5.91 Å². The van der Waals surface area contributed by atoms with Crippen LogP contribution in [-0.2, 0) is 16.1 Å². The fraction of sp³-hybridized carbons (Fsp3) is 0.714. The first-order valence-electron chi connectivity index (χ1n) is 7.15. The number of nitrogens with zero attached hydrogens (tertiary/aromatic N) is 3. The van der Waals surface area contributed by atoms with E-state index in [1.54, 1.807) is 0 Å². The van der Waals surface area contributed by atoms with Crippen molar-refractivity contribution < 1.29 is 9.53 Å². The maximum atomic E-state index is 12.0. The van der Waals surface area contributed by atoms with E-state index in [2.05, 4.69) is 15.3 Å². The van der Waals surface area contributed by atoms with Crippen LogP contribution in [0.25, 0.3) is 0 Å². The van der Waals surface area contributed by atoms with Crippen LogP contribution in [0.3, 0.4) is 0 Å². The summed E-state index contributed by atoms with van der Waals surface area (Å²) in [6.07, 6.45) is 0. The first-order chi connectivity index (χ1) is 9.54. The van der Waals surface area contributed by atoms with Crippen molar-refractivity contribution in [2.75, 3.05) is 32.8 Å². The average Bonchev–Trinajstić information content (AvgIpc) is 2.68. The van der Waals surface area contributed by atoms with E-state index in [4.69, 9.17) is 4.74 Å².